The van der Waals surface area contributed by atoms with Crippen LogP contribution in [0.1, 0.15) is 0 Å². The molecule has 0 amide bonds. The van der Waals surface area contributed by atoms with Gasteiger partial charge in [0.2, 0.25) is 0 Å². The molecule has 0 unspecified atom stereocenters. The molecule has 306 valence electrons. The normalized spacial score (nSPS) is 11.9. The molecule has 0 fully saturated rings. The number of fused-ring (bicyclic) bond motifs is 12. The van der Waals surface area contributed by atoms with Crippen LogP contribution in [-0.4, -0.2) is 14.5 Å². The van der Waals surface area contributed by atoms with Crippen molar-refractivity contribution >= 4 is 97.1 Å². The summed E-state index contributed by atoms with van der Waals surface area (Å²) in [5.41, 5.74) is 9.94. The summed E-state index contributed by atoms with van der Waals surface area (Å²) in [6, 6.07) is 79.7. The van der Waals surface area contributed by atoms with E-state index in [4.69, 9.17) is 9.97 Å². The van der Waals surface area contributed by atoms with Crippen LogP contribution in [0.25, 0.3) is 136 Å². The van der Waals surface area contributed by atoms with E-state index < -0.39 is 0 Å². The van der Waals surface area contributed by atoms with Gasteiger partial charge in [-0.2, -0.15) is 0 Å². The largest absolute Gasteiger partial charge is 0.294 e. The topological polar surface area (TPSA) is 30.7 Å². The maximum absolute atomic E-state index is 5.53. The van der Waals surface area contributed by atoms with E-state index in [2.05, 4.69) is 228 Å². The zero-order valence-electron chi connectivity index (χ0n) is 35.6. The summed E-state index contributed by atoms with van der Waals surface area (Å²) in [5, 5.41) is 18.0. The number of aromatic nitrogens is 3. The third-order valence-corrected chi connectivity index (χ3v) is 14.6. The van der Waals surface area contributed by atoms with E-state index >= 15 is 0 Å². The highest BCUT2D eigenvalue weighted by atomic mass is 32.1. The SMILES string of the molecule is c1ccc(-c2ccc3c(c2)c2cc4c5ccccc5c5cc(-c6cccc7ccsc67)ccc5c4cc2n3-c2cc(-c3ccc4ccccc4c3)nc(-c3ccc4ccccc4c3)n2)cc1. The molecule has 0 atom stereocenters. The fourth-order valence-corrected chi connectivity index (χ4v) is 11.3. The van der Waals surface area contributed by atoms with E-state index in [9.17, 15) is 0 Å². The second kappa shape index (κ2) is 14.5. The van der Waals surface area contributed by atoms with Crippen molar-refractivity contribution in [1.29, 1.82) is 0 Å². The van der Waals surface area contributed by atoms with Crippen molar-refractivity contribution in [3.63, 3.8) is 0 Å². The maximum atomic E-state index is 5.53. The van der Waals surface area contributed by atoms with Gasteiger partial charge >= 0.3 is 0 Å². The van der Waals surface area contributed by atoms with E-state index in [1.807, 2.05) is 11.3 Å². The second-order valence-corrected chi connectivity index (χ2v) is 18.3. The van der Waals surface area contributed by atoms with Crippen LogP contribution in [0, 0.1) is 0 Å². The molecule has 66 heavy (non-hydrogen) atoms. The van der Waals surface area contributed by atoms with Gasteiger partial charge < -0.3 is 0 Å². The Morgan fingerprint density at radius 1 is 0.318 bits per heavy atom. The second-order valence-electron chi connectivity index (χ2n) is 17.4. The summed E-state index contributed by atoms with van der Waals surface area (Å²) in [7, 11) is 0. The van der Waals surface area contributed by atoms with E-state index in [-0.39, 0.29) is 0 Å². The molecular formula is C62H37N3S. The van der Waals surface area contributed by atoms with Gasteiger partial charge in [-0.05, 0) is 135 Å². The average molecular weight is 856 g/mol. The summed E-state index contributed by atoms with van der Waals surface area (Å²) in [6.07, 6.45) is 0. The first-order valence-electron chi connectivity index (χ1n) is 22.4. The monoisotopic (exact) mass is 855 g/mol. The van der Waals surface area contributed by atoms with Gasteiger partial charge in [0.05, 0.1) is 16.7 Å². The highest BCUT2D eigenvalue weighted by Gasteiger charge is 2.21. The number of nitrogens with zero attached hydrogens (tertiary/aromatic N) is 3. The summed E-state index contributed by atoms with van der Waals surface area (Å²) in [4.78, 5) is 10.9. The zero-order chi connectivity index (χ0) is 43.3. The lowest BCUT2D eigenvalue weighted by molar-refractivity contribution is 1.05. The van der Waals surface area contributed by atoms with E-state index in [0.29, 0.717) is 5.82 Å². The van der Waals surface area contributed by atoms with Gasteiger partial charge in [-0.25, -0.2) is 9.97 Å². The Kier molecular flexibility index (Phi) is 8.15. The minimum atomic E-state index is 0.683. The molecule has 0 spiro atoms. The molecule has 14 rings (SSSR count). The molecule has 4 heteroatoms. The quantitative estimate of drug-likeness (QED) is 0.162. The zero-order valence-corrected chi connectivity index (χ0v) is 36.4. The van der Waals surface area contributed by atoms with Crippen molar-refractivity contribution in [3.8, 4) is 50.7 Å². The molecule has 0 radical (unpaired) electrons. The van der Waals surface area contributed by atoms with Gasteiger partial charge in [-0.15, -0.1) is 11.3 Å². The van der Waals surface area contributed by atoms with Crippen LogP contribution < -0.4 is 0 Å². The Balaban J connectivity index is 1.08. The lowest BCUT2D eigenvalue weighted by atomic mass is 9.91. The van der Waals surface area contributed by atoms with Crippen molar-refractivity contribution < 1.29 is 0 Å². The number of hydrogen-bond acceptors (Lipinski definition) is 3. The van der Waals surface area contributed by atoms with Crippen LogP contribution >= 0.6 is 11.3 Å². The molecule has 3 aromatic heterocycles. The lowest BCUT2D eigenvalue weighted by Gasteiger charge is -2.15. The Bertz CT molecular complexity index is 4200. The summed E-state index contributed by atoms with van der Waals surface area (Å²) in [6.45, 7) is 0. The summed E-state index contributed by atoms with van der Waals surface area (Å²) >= 11 is 1.81. The molecule has 0 saturated heterocycles. The molecule has 3 nitrogen and oxygen atoms in total. The van der Waals surface area contributed by atoms with E-state index in [1.165, 1.54) is 91.6 Å². The van der Waals surface area contributed by atoms with Crippen LogP contribution in [0.5, 0.6) is 0 Å². The van der Waals surface area contributed by atoms with Crippen molar-refractivity contribution in [1.82, 2.24) is 14.5 Å². The summed E-state index contributed by atoms with van der Waals surface area (Å²) < 4.78 is 3.70. The molecule has 0 N–H and O–H groups in total. The van der Waals surface area contributed by atoms with Gasteiger partial charge in [0.25, 0.3) is 0 Å². The van der Waals surface area contributed by atoms with Crippen LogP contribution in [0.4, 0.5) is 0 Å². The van der Waals surface area contributed by atoms with Gasteiger partial charge in [-0.1, -0.05) is 164 Å². The predicted molar refractivity (Wildman–Crippen MR) is 281 cm³/mol. The fourth-order valence-electron chi connectivity index (χ4n) is 10.4. The molecule has 0 aliphatic heterocycles. The van der Waals surface area contributed by atoms with Gasteiger partial charge in [0.15, 0.2) is 5.82 Å². The summed E-state index contributed by atoms with van der Waals surface area (Å²) in [5.74, 6) is 1.50. The molecule has 0 aliphatic carbocycles. The molecule has 0 bridgehead atoms. The maximum Gasteiger partial charge on any atom is 0.162 e. The van der Waals surface area contributed by atoms with Crippen molar-refractivity contribution in [2.75, 3.05) is 0 Å². The molecule has 0 saturated carbocycles. The number of rotatable bonds is 5. The number of benzene rings is 11. The minimum Gasteiger partial charge on any atom is -0.294 e. The molecular weight excluding hydrogens is 819 g/mol. The first-order valence-corrected chi connectivity index (χ1v) is 23.3. The highest BCUT2D eigenvalue weighted by molar-refractivity contribution is 7.17. The molecule has 11 aromatic carbocycles. The first kappa shape index (κ1) is 37.0. The van der Waals surface area contributed by atoms with Gasteiger partial charge in [0.1, 0.15) is 5.82 Å². The Morgan fingerprint density at radius 2 is 0.924 bits per heavy atom. The average Bonchev–Trinajstić information content (AvgIpc) is 4.00. The Hall–Kier alpha value is -8.44. The number of hydrogen-bond donors (Lipinski definition) is 0. The predicted octanol–water partition coefficient (Wildman–Crippen LogP) is 17.2. The highest BCUT2D eigenvalue weighted by Crippen LogP contribution is 2.44. The van der Waals surface area contributed by atoms with E-state index in [0.717, 1.165) is 39.1 Å². The first-order chi connectivity index (χ1) is 32.7. The number of thiophene rings is 1. The smallest absolute Gasteiger partial charge is 0.162 e. The fraction of sp³-hybridized carbons (Fsp3) is 0. The van der Waals surface area contributed by atoms with Crippen LogP contribution in [0.15, 0.2) is 224 Å². The van der Waals surface area contributed by atoms with Crippen LogP contribution in [-0.2, 0) is 0 Å². The van der Waals surface area contributed by atoms with Crippen molar-refractivity contribution in [2.45, 2.75) is 0 Å². The Morgan fingerprint density at radius 3 is 1.73 bits per heavy atom. The third-order valence-electron chi connectivity index (χ3n) is 13.6. The van der Waals surface area contributed by atoms with Crippen molar-refractivity contribution in [3.05, 3.63) is 224 Å². The third kappa shape index (κ3) is 5.82. The van der Waals surface area contributed by atoms with E-state index in [1.54, 1.807) is 0 Å². The minimum absolute atomic E-state index is 0.683. The molecule has 0 aliphatic rings. The molecule has 14 aromatic rings. The molecule has 3 heterocycles. The van der Waals surface area contributed by atoms with Gasteiger partial charge in [0, 0.05) is 32.7 Å². The lowest BCUT2D eigenvalue weighted by Crippen LogP contribution is -2.02. The van der Waals surface area contributed by atoms with Gasteiger partial charge in [-0.3, -0.25) is 4.57 Å². The standard InChI is InChI=1S/C62H37N3S/c1-2-11-38(12-3-1)44-26-28-58-55(33-44)56-35-53-50-19-9-8-18-49(50)52-34-45(48-20-10-17-41-29-30-66-61(41)48)25-27-51(52)54(53)36-59(56)65(58)60-37-57(46-23-21-39-13-4-6-15-42(39)31-46)63-62(64-60)47-24-22-40-14-5-7-16-43(40)32-47/h1-37H. The van der Waals surface area contributed by atoms with Crippen molar-refractivity contribution in [2.24, 2.45) is 0 Å². The van der Waals surface area contributed by atoms with Crippen LogP contribution in [0.3, 0.4) is 0 Å². The van der Waals surface area contributed by atoms with Crippen LogP contribution in [0.2, 0.25) is 0 Å². The Labute approximate surface area is 384 Å².